The summed E-state index contributed by atoms with van der Waals surface area (Å²) in [6.45, 7) is 1.63. The molecule has 1 heterocycles. The van der Waals surface area contributed by atoms with Crippen LogP contribution in [0.4, 0.5) is 21.8 Å². The van der Waals surface area contributed by atoms with E-state index in [-0.39, 0.29) is 16.7 Å². The summed E-state index contributed by atoms with van der Waals surface area (Å²) in [4.78, 5) is 7.99. The van der Waals surface area contributed by atoms with Crippen molar-refractivity contribution in [2.45, 2.75) is 24.7 Å². The van der Waals surface area contributed by atoms with E-state index >= 15 is 0 Å². The van der Waals surface area contributed by atoms with Crippen LogP contribution >= 0.6 is 0 Å². The average Bonchev–Trinajstić information content (AvgIpc) is 2.70. The maximum atomic E-state index is 14.2. The number of anilines is 3. The number of nitriles is 1. The molecule has 4 N–H and O–H groups in total. The van der Waals surface area contributed by atoms with E-state index in [1.165, 1.54) is 6.07 Å². The predicted octanol–water partition coefficient (Wildman–Crippen LogP) is 3.41. The number of halogens is 1. The molecule has 1 aliphatic carbocycles. The number of allylic oxidation sites excluding steroid dienone is 5. The van der Waals surface area contributed by atoms with Crippen molar-refractivity contribution in [2.24, 2.45) is 5.14 Å². The fourth-order valence-corrected chi connectivity index (χ4v) is 3.55. The number of benzene rings is 1. The monoisotopic (exact) mass is 426 g/mol. The summed E-state index contributed by atoms with van der Waals surface area (Å²) in [5.41, 5.74) is 2.55. The zero-order valence-corrected chi connectivity index (χ0v) is 16.9. The lowest BCUT2D eigenvalue weighted by molar-refractivity contribution is 0.597. The zero-order chi connectivity index (χ0) is 21.7. The van der Waals surface area contributed by atoms with Crippen molar-refractivity contribution >= 4 is 27.5 Å². The predicted molar refractivity (Wildman–Crippen MR) is 112 cm³/mol. The van der Waals surface area contributed by atoms with Crippen molar-refractivity contribution in [1.82, 2.24) is 9.97 Å². The van der Waals surface area contributed by atoms with Gasteiger partial charge in [-0.25, -0.2) is 22.9 Å². The first-order valence-corrected chi connectivity index (χ1v) is 10.4. The van der Waals surface area contributed by atoms with Crippen LogP contribution in [0, 0.1) is 24.1 Å². The first-order valence-electron chi connectivity index (χ1n) is 8.90. The molecule has 0 atom stereocenters. The van der Waals surface area contributed by atoms with E-state index in [1.807, 2.05) is 18.2 Å². The van der Waals surface area contributed by atoms with Gasteiger partial charge in [-0.1, -0.05) is 24.3 Å². The highest BCUT2D eigenvalue weighted by Gasteiger charge is 2.14. The molecule has 1 aliphatic rings. The maximum Gasteiger partial charge on any atom is 0.238 e. The molecule has 0 spiro atoms. The van der Waals surface area contributed by atoms with Crippen molar-refractivity contribution in [3.05, 3.63) is 71.4 Å². The van der Waals surface area contributed by atoms with Crippen molar-refractivity contribution in [1.29, 1.82) is 5.26 Å². The Morgan fingerprint density at radius 2 is 2.13 bits per heavy atom. The quantitative estimate of drug-likeness (QED) is 0.644. The summed E-state index contributed by atoms with van der Waals surface area (Å²) < 4.78 is 37.5. The van der Waals surface area contributed by atoms with Crippen LogP contribution in [0.2, 0.25) is 0 Å². The van der Waals surface area contributed by atoms with Crippen molar-refractivity contribution in [3.8, 4) is 6.07 Å². The highest BCUT2D eigenvalue weighted by atomic mass is 32.2. The Kier molecular flexibility index (Phi) is 6.25. The molecule has 0 amide bonds. The second kappa shape index (κ2) is 8.86. The third kappa shape index (κ3) is 5.28. The highest BCUT2D eigenvalue weighted by molar-refractivity contribution is 7.89. The molecule has 0 saturated heterocycles. The normalized spacial score (nSPS) is 14.9. The van der Waals surface area contributed by atoms with E-state index in [9.17, 15) is 12.8 Å². The van der Waals surface area contributed by atoms with Crippen molar-refractivity contribution < 1.29 is 12.8 Å². The number of aryl methyl sites for hydroxylation is 1. The van der Waals surface area contributed by atoms with Gasteiger partial charge in [0, 0.05) is 11.4 Å². The number of nitrogens with zero attached hydrogens (tertiary/aromatic N) is 3. The molecule has 0 radical (unpaired) electrons. The van der Waals surface area contributed by atoms with Crippen molar-refractivity contribution in [2.75, 3.05) is 10.6 Å². The van der Waals surface area contributed by atoms with Gasteiger partial charge in [0.25, 0.3) is 0 Å². The summed E-state index contributed by atoms with van der Waals surface area (Å²) in [7, 11) is -3.88. The number of rotatable bonds is 6. The van der Waals surface area contributed by atoms with E-state index in [2.05, 4.69) is 26.7 Å². The molecule has 0 fully saturated rings. The molecule has 1 aromatic carbocycles. The van der Waals surface area contributed by atoms with Gasteiger partial charge in [0.1, 0.15) is 0 Å². The topological polar surface area (TPSA) is 134 Å². The molecular weight excluding hydrogens is 407 g/mol. The third-order valence-electron chi connectivity index (χ3n) is 4.25. The van der Waals surface area contributed by atoms with Gasteiger partial charge in [0.05, 0.1) is 23.6 Å². The van der Waals surface area contributed by atoms with Crippen LogP contribution in [-0.2, 0) is 10.0 Å². The van der Waals surface area contributed by atoms with Gasteiger partial charge in [-0.05, 0) is 42.7 Å². The first-order chi connectivity index (χ1) is 14.3. The van der Waals surface area contributed by atoms with Crippen LogP contribution in [0.5, 0.6) is 0 Å². The lowest BCUT2D eigenvalue weighted by atomic mass is 10.0. The molecule has 30 heavy (non-hydrogen) atoms. The second-order valence-electron chi connectivity index (χ2n) is 6.50. The third-order valence-corrected chi connectivity index (χ3v) is 5.30. The molecule has 0 saturated carbocycles. The minimum atomic E-state index is -3.88. The molecule has 154 valence electrons. The van der Waals surface area contributed by atoms with Gasteiger partial charge in [0.15, 0.2) is 11.6 Å². The summed E-state index contributed by atoms with van der Waals surface area (Å²) in [6.07, 6.45) is 9.25. The molecule has 3 rings (SSSR count). The minimum absolute atomic E-state index is 0.0225. The minimum Gasteiger partial charge on any atom is -0.338 e. The highest BCUT2D eigenvalue weighted by Crippen LogP contribution is 2.23. The lowest BCUT2D eigenvalue weighted by Gasteiger charge is -2.13. The summed E-state index contributed by atoms with van der Waals surface area (Å²) >= 11 is 0. The smallest absolute Gasteiger partial charge is 0.238 e. The molecule has 0 aliphatic heterocycles. The largest absolute Gasteiger partial charge is 0.338 e. The fourth-order valence-electron chi connectivity index (χ4n) is 2.75. The van der Waals surface area contributed by atoms with Gasteiger partial charge in [0.2, 0.25) is 16.0 Å². The second-order valence-corrected chi connectivity index (χ2v) is 8.03. The van der Waals surface area contributed by atoms with E-state index < -0.39 is 15.8 Å². The van der Waals surface area contributed by atoms with Gasteiger partial charge in [-0.15, -0.1) is 0 Å². The van der Waals surface area contributed by atoms with Crippen LogP contribution < -0.4 is 15.8 Å². The Morgan fingerprint density at radius 3 is 2.80 bits per heavy atom. The molecule has 2 aromatic rings. The Hall–Kier alpha value is -3.55. The molecule has 8 nitrogen and oxygen atoms in total. The standard InChI is InChI=1S/C20H19FN6O2S/c1-13-4-7-16(11-18(13)30(23,28)29)26-20-24-12-17(21)19(27-20)25-15-8-5-14(6-9-15)3-2-10-22/h3-5,7-9,11-12H,2,6H2,1H3,(H2,23,28,29)(H2,24,25,26,27). The zero-order valence-electron chi connectivity index (χ0n) is 16.1. The molecule has 1 aromatic heterocycles. The Bertz CT molecular complexity index is 1210. The van der Waals surface area contributed by atoms with Gasteiger partial charge in [-0.2, -0.15) is 10.2 Å². The summed E-state index contributed by atoms with van der Waals surface area (Å²) in [5.74, 6) is -0.598. The molecule has 0 bridgehead atoms. The van der Waals surface area contributed by atoms with Crippen molar-refractivity contribution in [3.63, 3.8) is 0 Å². The number of hydrogen-bond acceptors (Lipinski definition) is 7. The SMILES string of the molecule is Cc1ccc(Nc2ncc(F)c(NC3=CCC(=CCC#N)C=C3)n2)cc1S(N)(=O)=O. The van der Waals surface area contributed by atoms with Gasteiger partial charge < -0.3 is 10.6 Å². The number of nitrogens with one attached hydrogen (secondary N) is 2. The Balaban J connectivity index is 1.78. The van der Waals surface area contributed by atoms with E-state index in [0.29, 0.717) is 29.8 Å². The average molecular weight is 426 g/mol. The molecular formula is C20H19FN6O2S. The van der Waals surface area contributed by atoms with Crippen LogP contribution in [0.1, 0.15) is 18.4 Å². The van der Waals surface area contributed by atoms with E-state index in [0.717, 1.165) is 11.8 Å². The summed E-state index contributed by atoms with van der Waals surface area (Å²) in [5, 5.41) is 19.6. The van der Waals surface area contributed by atoms with Crippen LogP contribution in [0.15, 0.2) is 64.9 Å². The maximum absolute atomic E-state index is 14.2. The van der Waals surface area contributed by atoms with Gasteiger partial charge in [-0.3, -0.25) is 0 Å². The fraction of sp³-hybridized carbons (Fsp3) is 0.150. The van der Waals surface area contributed by atoms with Crippen LogP contribution in [-0.4, -0.2) is 18.4 Å². The first kappa shape index (κ1) is 21.2. The molecule has 0 unspecified atom stereocenters. The Labute approximate surface area is 173 Å². The van der Waals surface area contributed by atoms with Crippen LogP contribution in [0.3, 0.4) is 0 Å². The number of nitrogens with two attached hydrogens (primary N) is 1. The van der Waals surface area contributed by atoms with Crippen LogP contribution in [0.25, 0.3) is 0 Å². The number of hydrogen-bond donors (Lipinski definition) is 3. The van der Waals surface area contributed by atoms with E-state index in [4.69, 9.17) is 10.4 Å². The lowest BCUT2D eigenvalue weighted by Crippen LogP contribution is -2.14. The Morgan fingerprint density at radius 1 is 1.33 bits per heavy atom. The molecule has 10 heteroatoms. The summed E-state index contributed by atoms with van der Waals surface area (Å²) in [6, 6.07) is 6.66. The number of primary sulfonamides is 1. The van der Waals surface area contributed by atoms with E-state index in [1.54, 1.807) is 25.1 Å². The number of aromatic nitrogens is 2. The number of sulfonamides is 1. The van der Waals surface area contributed by atoms with Gasteiger partial charge >= 0.3 is 0 Å².